The van der Waals surface area contributed by atoms with Crippen molar-refractivity contribution in [3.05, 3.63) is 17.7 Å². The molecule has 10 heteroatoms. The standard InChI is InChI=1S/C14H16F3N5O2/c1-22-8(4-11(20-22)14(15,16)17)12-19-13(24-21-12)9-3-2-7-5-18-6-10(7)23-9/h4,7,9-10,18H,2-3,5-6H2,1H3/t7-,9-,10-/m0/s1. The summed E-state index contributed by atoms with van der Waals surface area (Å²) in [6.07, 6.45) is -2.97. The summed E-state index contributed by atoms with van der Waals surface area (Å²) < 4.78 is 50.6. The third-order valence-electron chi connectivity index (χ3n) is 4.53. The second kappa shape index (κ2) is 5.55. The Morgan fingerprint density at radius 3 is 2.88 bits per heavy atom. The molecular formula is C14H16F3N5O2. The summed E-state index contributed by atoms with van der Waals surface area (Å²) in [5.74, 6) is 0.867. The van der Waals surface area contributed by atoms with Crippen LogP contribution in [0.3, 0.4) is 0 Å². The van der Waals surface area contributed by atoms with Gasteiger partial charge >= 0.3 is 6.18 Å². The number of alkyl halides is 3. The van der Waals surface area contributed by atoms with Gasteiger partial charge in [-0.3, -0.25) is 4.68 Å². The molecule has 1 N–H and O–H groups in total. The Bertz CT molecular complexity index is 741. The van der Waals surface area contributed by atoms with Crippen LogP contribution in [0.1, 0.15) is 30.5 Å². The lowest BCUT2D eigenvalue weighted by Crippen LogP contribution is -2.30. The van der Waals surface area contributed by atoms with Gasteiger partial charge in [-0.25, -0.2) is 0 Å². The number of hydrogen-bond acceptors (Lipinski definition) is 6. The van der Waals surface area contributed by atoms with E-state index in [0.717, 1.165) is 36.7 Å². The molecule has 2 fully saturated rings. The van der Waals surface area contributed by atoms with Crippen molar-refractivity contribution in [3.63, 3.8) is 0 Å². The number of nitrogens with one attached hydrogen (secondary N) is 1. The minimum Gasteiger partial charge on any atom is -0.363 e. The zero-order chi connectivity index (χ0) is 16.9. The minimum absolute atomic E-state index is 0.0748. The van der Waals surface area contributed by atoms with Gasteiger partial charge in [-0.15, -0.1) is 0 Å². The van der Waals surface area contributed by atoms with Gasteiger partial charge in [0, 0.05) is 20.1 Å². The molecule has 2 saturated heterocycles. The third kappa shape index (κ3) is 2.69. The second-order valence-electron chi connectivity index (χ2n) is 6.15. The van der Waals surface area contributed by atoms with Crippen molar-refractivity contribution in [1.82, 2.24) is 25.2 Å². The van der Waals surface area contributed by atoms with E-state index in [1.807, 2.05) is 0 Å². The summed E-state index contributed by atoms with van der Waals surface area (Å²) in [6, 6.07) is 0.910. The van der Waals surface area contributed by atoms with Gasteiger partial charge < -0.3 is 14.6 Å². The van der Waals surface area contributed by atoms with Crippen LogP contribution in [0.5, 0.6) is 0 Å². The predicted molar refractivity (Wildman–Crippen MR) is 74.7 cm³/mol. The van der Waals surface area contributed by atoms with Crippen LogP contribution in [-0.4, -0.2) is 39.1 Å². The fourth-order valence-electron chi connectivity index (χ4n) is 3.27. The molecule has 0 radical (unpaired) electrons. The van der Waals surface area contributed by atoms with Crippen molar-refractivity contribution in [1.29, 1.82) is 0 Å². The molecule has 3 atom stereocenters. The molecule has 0 saturated carbocycles. The van der Waals surface area contributed by atoms with Crippen molar-refractivity contribution < 1.29 is 22.4 Å². The van der Waals surface area contributed by atoms with Crippen molar-refractivity contribution in [2.45, 2.75) is 31.2 Å². The van der Waals surface area contributed by atoms with E-state index in [2.05, 4.69) is 20.6 Å². The number of hydrogen-bond donors (Lipinski definition) is 1. The van der Waals surface area contributed by atoms with E-state index < -0.39 is 11.9 Å². The molecular weight excluding hydrogens is 327 g/mol. The number of nitrogens with zero attached hydrogens (tertiary/aromatic N) is 4. The van der Waals surface area contributed by atoms with Crippen molar-refractivity contribution in [3.8, 4) is 11.5 Å². The number of aryl methyl sites for hydroxylation is 1. The lowest BCUT2D eigenvalue weighted by molar-refractivity contribution is -0.141. The monoisotopic (exact) mass is 343 g/mol. The molecule has 4 rings (SSSR count). The maximum absolute atomic E-state index is 12.8. The molecule has 2 aromatic heterocycles. The van der Waals surface area contributed by atoms with E-state index in [1.165, 1.54) is 7.05 Å². The van der Waals surface area contributed by atoms with Crippen LogP contribution in [0, 0.1) is 5.92 Å². The highest BCUT2D eigenvalue weighted by Gasteiger charge is 2.38. The summed E-state index contributed by atoms with van der Waals surface area (Å²) >= 11 is 0. The van der Waals surface area contributed by atoms with Crippen molar-refractivity contribution >= 4 is 0 Å². The van der Waals surface area contributed by atoms with E-state index in [9.17, 15) is 13.2 Å². The number of fused-ring (bicyclic) bond motifs is 1. The van der Waals surface area contributed by atoms with Gasteiger partial charge in [0.05, 0.1) is 6.10 Å². The predicted octanol–water partition coefficient (Wildman–Crippen LogP) is 1.93. The van der Waals surface area contributed by atoms with Gasteiger partial charge in [0.1, 0.15) is 11.8 Å². The molecule has 0 amide bonds. The summed E-state index contributed by atoms with van der Waals surface area (Å²) in [7, 11) is 1.41. The molecule has 7 nitrogen and oxygen atoms in total. The number of ether oxygens (including phenoxy) is 1. The first kappa shape index (κ1) is 15.6. The van der Waals surface area contributed by atoms with E-state index in [0.29, 0.717) is 11.8 Å². The second-order valence-corrected chi connectivity index (χ2v) is 6.15. The van der Waals surface area contributed by atoms with Crippen LogP contribution in [0.2, 0.25) is 0 Å². The molecule has 2 aromatic rings. The molecule has 2 aliphatic heterocycles. The van der Waals surface area contributed by atoms with E-state index in [1.54, 1.807) is 0 Å². The van der Waals surface area contributed by atoms with Gasteiger partial charge in [-0.05, 0) is 24.8 Å². The van der Waals surface area contributed by atoms with Crippen LogP contribution >= 0.6 is 0 Å². The number of halogens is 3. The van der Waals surface area contributed by atoms with E-state index >= 15 is 0 Å². The summed E-state index contributed by atoms with van der Waals surface area (Å²) in [6.45, 7) is 1.74. The summed E-state index contributed by atoms with van der Waals surface area (Å²) in [4.78, 5) is 4.22. The highest BCUT2D eigenvalue weighted by molar-refractivity contribution is 5.49. The zero-order valence-electron chi connectivity index (χ0n) is 12.9. The van der Waals surface area contributed by atoms with E-state index in [-0.39, 0.29) is 23.7 Å². The lowest BCUT2D eigenvalue weighted by atomic mass is 9.94. The lowest BCUT2D eigenvalue weighted by Gasteiger charge is -2.29. The van der Waals surface area contributed by atoms with Gasteiger partial charge in [0.2, 0.25) is 5.82 Å². The molecule has 24 heavy (non-hydrogen) atoms. The largest absolute Gasteiger partial charge is 0.435 e. The normalized spacial score (nSPS) is 27.4. The Balaban J connectivity index is 1.56. The van der Waals surface area contributed by atoms with Gasteiger partial charge in [-0.2, -0.15) is 23.3 Å². The Kier molecular flexibility index (Phi) is 3.61. The van der Waals surface area contributed by atoms with Gasteiger partial charge in [0.25, 0.3) is 5.89 Å². The van der Waals surface area contributed by atoms with Gasteiger partial charge in [-0.1, -0.05) is 5.16 Å². The maximum Gasteiger partial charge on any atom is 0.435 e. The highest BCUT2D eigenvalue weighted by atomic mass is 19.4. The number of aromatic nitrogens is 4. The number of rotatable bonds is 2. The molecule has 2 aliphatic rings. The van der Waals surface area contributed by atoms with Crippen molar-refractivity contribution in [2.75, 3.05) is 13.1 Å². The van der Waals surface area contributed by atoms with Crippen LogP contribution < -0.4 is 5.32 Å². The van der Waals surface area contributed by atoms with Crippen LogP contribution in [-0.2, 0) is 18.0 Å². The fraction of sp³-hybridized carbons (Fsp3) is 0.643. The first-order valence-corrected chi connectivity index (χ1v) is 7.73. The van der Waals surface area contributed by atoms with E-state index in [4.69, 9.17) is 9.26 Å². The molecule has 0 spiro atoms. The minimum atomic E-state index is -4.51. The molecule has 0 bridgehead atoms. The molecule has 4 heterocycles. The first-order valence-electron chi connectivity index (χ1n) is 7.73. The van der Waals surface area contributed by atoms with Crippen LogP contribution in [0.25, 0.3) is 11.5 Å². The molecule has 0 aromatic carbocycles. The smallest absolute Gasteiger partial charge is 0.363 e. The highest BCUT2D eigenvalue weighted by Crippen LogP contribution is 2.36. The van der Waals surface area contributed by atoms with Crippen molar-refractivity contribution in [2.24, 2.45) is 13.0 Å². The first-order chi connectivity index (χ1) is 11.4. The third-order valence-corrected chi connectivity index (χ3v) is 4.53. The SMILES string of the molecule is Cn1nc(C(F)(F)F)cc1-c1noc([C@@H]2CC[C@H]3CNC[C@@H]3O2)n1. The molecule has 0 aliphatic carbocycles. The zero-order valence-corrected chi connectivity index (χ0v) is 12.9. The maximum atomic E-state index is 12.8. The van der Waals surface area contributed by atoms with Gasteiger partial charge in [0.15, 0.2) is 5.69 Å². The average Bonchev–Trinajstić information content (AvgIpc) is 3.23. The quantitative estimate of drug-likeness (QED) is 0.898. The molecule has 130 valence electrons. The fourth-order valence-corrected chi connectivity index (χ4v) is 3.27. The Labute approximate surface area is 135 Å². The topological polar surface area (TPSA) is 78.0 Å². The Morgan fingerprint density at radius 2 is 2.12 bits per heavy atom. The summed E-state index contributed by atoms with van der Waals surface area (Å²) in [5.41, 5.74) is -0.839. The van der Waals surface area contributed by atoms with Crippen LogP contribution in [0.15, 0.2) is 10.6 Å². The summed E-state index contributed by atoms with van der Waals surface area (Å²) in [5, 5.41) is 10.5. The molecule has 0 unspecified atom stereocenters. The van der Waals surface area contributed by atoms with Crippen LogP contribution in [0.4, 0.5) is 13.2 Å². The average molecular weight is 343 g/mol. The Morgan fingerprint density at radius 1 is 1.29 bits per heavy atom. The Hall–Kier alpha value is -1.94.